The minimum atomic E-state index is -3.93. The molecular formula is C18H26N2O6S2. The molecule has 0 radical (unpaired) electrons. The number of ether oxygens (including phenoxy) is 1. The molecule has 10 heteroatoms. The number of hydrogen-bond acceptors (Lipinski definition) is 7. The number of amides is 1. The van der Waals surface area contributed by atoms with Crippen LogP contribution >= 0.6 is 0 Å². The largest absolute Gasteiger partial charge is 0.495 e. The van der Waals surface area contributed by atoms with Gasteiger partial charge in [0.15, 0.2) is 19.7 Å². The van der Waals surface area contributed by atoms with Crippen LogP contribution in [0, 0.1) is 6.92 Å². The first-order valence-electron chi connectivity index (χ1n) is 9.13. The van der Waals surface area contributed by atoms with Gasteiger partial charge in [0.2, 0.25) is 5.91 Å². The van der Waals surface area contributed by atoms with Gasteiger partial charge in [-0.3, -0.25) is 9.69 Å². The van der Waals surface area contributed by atoms with Crippen molar-refractivity contribution in [1.29, 1.82) is 0 Å². The van der Waals surface area contributed by atoms with E-state index in [9.17, 15) is 21.6 Å². The topological polar surface area (TPSA) is 101 Å². The molecule has 8 nitrogen and oxygen atoms in total. The molecule has 0 aliphatic carbocycles. The summed E-state index contributed by atoms with van der Waals surface area (Å²) in [5.74, 6) is -0.405. The van der Waals surface area contributed by atoms with E-state index in [1.54, 1.807) is 24.0 Å². The summed E-state index contributed by atoms with van der Waals surface area (Å²) in [6.07, 6.45) is 0. The van der Waals surface area contributed by atoms with Gasteiger partial charge >= 0.3 is 0 Å². The highest BCUT2D eigenvalue weighted by Gasteiger charge is 2.49. The normalized spacial score (nSPS) is 25.6. The Labute approximate surface area is 166 Å². The van der Waals surface area contributed by atoms with Crippen molar-refractivity contribution in [2.45, 2.75) is 30.0 Å². The van der Waals surface area contributed by atoms with Crippen molar-refractivity contribution in [2.75, 3.05) is 44.8 Å². The minimum Gasteiger partial charge on any atom is -0.495 e. The van der Waals surface area contributed by atoms with E-state index in [0.29, 0.717) is 26.2 Å². The first-order chi connectivity index (χ1) is 13.0. The highest BCUT2D eigenvalue weighted by atomic mass is 32.2. The zero-order chi connectivity index (χ0) is 20.7. The van der Waals surface area contributed by atoms with Gasteiger partial charge in [0, 0.05) is 39.1 Å². The fourth-order valence-electron chi connectivity index (χ4n) is 3.97. The second-order valence-electron chi connectivity index (χ2n) is 7.42. The number of rotatable bonds is 4. The van der Waals surface area contributed by atoms with Gasteiger partial charge in [-0.2, -0.15) is 0 Å². The number of nitrogens with zero attached hydrogens (tertiary/aromatic N) is 2. The van der Waals surface area contributed by atoms with Crippen molar-refractivity contribution in [3.05, 3.63) is 23.8 Å². The highest BCUT2D eigenvalue weighted by Crippen LogP contribution is 2.34. The third kappa shape index (κ3) is 4.04. The van der Waals surface area contributed by atoms with Gasteiger partial charge in [-0.25, -0.2) is 16.8 Å². The van der Waals surface area contributed by atoms with E-state index in [4.69, 9.17) is 4.74 Å². The number of sulfone groups is 2. The van der Waals surface area contributed by atoms with Crippen molar-refractivity contribution < 1.29 is 26.4 Å². The summed E-state index contributed by atoms with van der Waals surface area (Å²) in [6.45, 7) is 5.11. The summed E-state index contributed by atoms with van der Waals surface area (Å²) in [4.78, 5) is 15.2. The maximum absolute atomic E-state index is 13.4. The van der Waals surface area contributed by atoms with Crippen LogP contribution in [0.3, 0.4) is 0 Å². The smallest absolute Gasteiger partial charge is 0.219 e. The van der Waals surface area contributed by atoms with E-state index in [1.807, 2.05) is 4.90 Å². The Morgan fingerprint density at radius 3 is 2.36 bits per heavy atom. The molecular weight excluding hydrogens is 404 g/mol. The molecule has 2 atom stereocenters. The van der Waals surface area contributed by atoms with Crippen LogP contribution in [0.2, 0.25) is 0 Å². The Kier molecular flexibility index (Phi) is 5.75. The average Bonchev–Trinajstić information content (AvgIpc) is 2.98. The predicted molar refractivity (Wildman–Crippen MR) is 105 cm³/mol. The number of hydrogen-bond donors (Lipinski definition) is 0. The maximum atomic E-state index is 13.4. The standard InChI is InChI=1S/C18H26N2O6S2/c1-13-4-5-16(26-3)17(10-13)28(24,25)18-12-27(22,23)11-15(18)20-8-6-19(7-9-20)14(2)21/h4-5,10,15,18H,6-9,11-12H2,1-3H3. The van der Waals surface area contributed by atoms with Gasteiger partial charge in [-0.1, -0.05) is 6.07 Å². The van der Waals surface area contributed by atoms with E-state index < -0.39 is 36.7 Å². The summed E-state index contributed by atoms with van der Waals surface area (Å²) in [7, 11) is -6.02. The predicted octanol–water partition coefficient (Wildman–Crippen LogP) is 0.107. The quantitative estimate of drug-likeness (QED) is 0.668. The van der Waals surface area contributed by atoms with Crippen LogP contribution < -0.4 is 4.74 Å². The number of methoxy groups -OCH3 is 1. The molecule has 1 aromatic carbocycles. The van der Waals surface area contributed by atoms with Gasteiger partial charge in [0.05, 0.1) is 23.9 Å². The lowest BCUT2D eigenvalue weighted by molar-refractivity contribution is -0.130. The summed E-state index contributed by atoms with van der Waals surface area (Å²) in [5, 5.41) is -1.06. The van der Waals surface area contributed by atoms with Crippen LogP contribution in [-0.2, 0) is 24.5 Å². The Morgan fingerprint density at radius 2 is 1.79 bits per heavy atom. The molecule has 2 heterocycles. The fourth-order valence-corrected chi connectivity index (χ4v) is 9.04. The summed E-state index contributed by atoms with van der Waals surface area (Å²) < 4.78 is 56.9. The molecule has 28 heavy (non-hydrogen) atoms. The Hall–Kier alpha value is -1.65. The van der Waals surface area contributed by atoms with E-state index >= 15 is 0 Å². The highest BCUT2D eigenvalue weighted by molar-refractivity contribution is 7.96. The van der Waals surface area contributed by atoms with Crippen LogP contribution in [0.15, 0.2) is 23.1 Å². The zero-order valence-corrected chi connectivity index (χ0v) is 17.9. The number of piperazine rings is 1. The Bertz CT molecular complexity index is 966. The second kappa shape index (κ2) is 7.64. The van der Waals surface area contributed by atoms with E-state index in [1.165, 1.54) is 20.1 Å². The lowest BCUT2D eigenvalue weighted by atomic mass is 10.2. The molecule has 2 aliphatic heterocycles. The summed E-state index contributed by atoms with van der Waals surface area (Å²) in [6, 6.07) is 4.24. The SMILES string of the molecule is COc1ccc(C)cc1S(=O)(=O)C1CS(=O)(=O)CC1N1CCN(C(C)=O)CC1. The van der Waals surface area contributed by atoms with Gasteiger partial charge in [-0.05, 0) is 24.6 Å². The molecule has 0 spiro atoms. The van der Waals surface area contributed by atoms with Crippen LogP contribution in [-0.4, -0.2) is 88.6 Å². The lowest BCUT2D eigenvalue weighted by Gasteiger charge is -2.39. The second-order valence-corrected chi connectivity index (χ2v) is 11.7. The zero-order valence-electron chi connectivity index (χ0n) is 16.3. The number of carbonyl (C=O) groups is 1. The molecule has 1 amide bonds. The lowest BCUT2D eigenvalue weighted by Crippen LogP contribution is -2.55. The summed E-state index contributed by atoms with van der Waals surface area (Å²) in [5.41, 5.74) is 0.756. The monoisotopic (exact) mass is 430 g/mol. The fraction of sp³-hybridized carbons (Fsp3) is 0.611. The van der Waals surface area contributed by atoms with Crippen LogP contribution in [0.4, 0.5) is 0 Å². The molecule has 0 bridgehead atoms. The Morgan fingerprint density at radius 1 is 1.14 bits per heavy atom. The molecule has 0 aromatic heterocycles. The van der Waals surface area contributed by atoms with Crippen LogP contribution in [0.25, 0.3) is 0 Å². The number of aryl methyl sites for hydroxylation is 1. The molecule has 1 aromatic rings. The molecule has 0 saturated carbocycles. The minimum absolute atomic E-state index is 0.0319. The molecule has 2 fully saturated rings. The molecule has 0 N–H and O–H groups in total. The van der Waals surface area contributed by atoms with Gasteiger partial charge < -0.3 is 9.64 Å². The third-order valence-electron chi connectivity index (χ3n) is 5.52. The van der Waals surface area contributed by atoms with Crippen LogP contribution in [0.5, 0.6) is 5.75 Å². The van der Waals surface area contributed by atoms with E-state index in [-0.39, 0.29) is 22.3 Å². The average molecular weight is 431 g/mol. The van der Waals surface area contributed by atoms with E-state index in [2.05, 4.69) is 0 Å². The first kappa shape index (κ1) is 21.1. The van der Waals surface area contributed by atoms with Crippen molar-refractivity contribution in [3.8, 4) is 5.75 Å². The van der Waals surface area contributed by atoms with Crippen molar-refractivity contribution in [1.82, 2.24) is 9.80 Å². The Balaban J connectivity index is 1.95. The molecule has 2 saturated heterocycles. The first-order valence-corrected chi connectivity index (χ1v) is 12.5. The molecule has 156 valence electrons. The van der Waals surface area contributed by atoms with Crippen LogP contribution in [0.1, 0.15) is 12.5 Å². The van der Waals surface area contributed by atoms with Gasteiger partial charge in [0.1, 0.15) is 10.6 Å². The number of carbonyl (C=O) groups excluding carboxylic acids is 1. The van der Waals surface area contributed by atoms with Crippen molar-refractivity contribution in [2.24, 2.45) is 0 Å². The number of benzene rings is 1. The van der Waals surface area contributed by atoms with Crippen molar-refractivity contribution in [3.63, 3.8) is 0 Å². The molecule has 2 unspecified atom stereocenters. The third-order valence-corrected chi connectivity index (χ3v) is 9.66. The summed E-state index contributed by atoms with van der Waals surface area (Å²) >= 11 is 0. The molecule has 3 rings (SSSR count). The maximum Gasteiger partial charge on any atom is 0.219 e. The van der Waals surface area contributed by atoms with E-state index in [0.717, 1.165) is 5.56 Å². The van der Waals surface area contributed by atoms with Gasteiger partial charge in [0.25, 0.3) is 0 Å². The van der Waals surface area contributed by atoms with Crippen molar-refractivity contribution >= 4 is 25.6 Å². The van der Waals surface area contributed by atoms with Gasteiger partial charge in [-0.15, -0.1) is 0 Å². The molecule has 2 aliphatic rings.